The van der Waals surface area contributed by atoms with E-state index >= 15 is 0 Å². The highest BCUT2D eigenvalue weighted by molar-refractivity contribution is 7.90. The lowest BCUT2D eigenvalue weighted by atomic mass is 10.3. The van der Waals surface area contributed by atoms with Gasteiger partial charge in [-0.25, -0.2) is 13.4 Å². The van der Waals surface area contributed by atoms with Crippen molar-refractivity contribution in [3.63, 3.8) is 0 Å². The Kier molecular flexibility index (Phi) is 4.07. The molecule has 0 bridgehead atoms. The highest BCUT2D eigenvalue weighted by atomic mass is 35.5. The first-order valence-corrected chi connectivity index (χ1v) is 7.76. The maximum Gasteiger partial charge on any atom is 0.175 e. The van der Waals surface area contributed by atoms with Crippen molar-refractivity contribution >= 4 is 21.4 Å². The van der Waals surface area contributed by atoms with Crippen LogP contribution in [0.4, 0.5) is 0 Å². The molecule has 1 aromatic carbocycles. The Balaban J connectivity index is 2.15. The molecule has 0 radical (unpaired) electrons. The summed E-state index contributed by atoms with van der Waals surface area (Å²) >= 11 is 5.91. The van der Waals surface area contributed by atoms with Crippen LogP contribution in [0.25, 0.3) is 0 Å². The van der Waals surface area contributed by atoms with E-state index in [2.05, 4.69) is 4.98 Å². The summed E-state index contributed by atoms with van der Waals surface area (Å²) in [4.78, 5) is 4.16. The van der Waals surface area contributed by atoms with Gasteiger partial charge >= 0.3 is 0 Å². The van der Waals surface area contributed by atoms with Gasteiger partial charge in [-0.05, 0) is 24.3 Å². The number of benzene rings is 1. The molecule has 100 valence electrons. The van der Waals surface area contributed by atoms with E-state index < -0.39 is 9.84 Å². The number of aromatic nitrogens is 1. The Bertz CT molecular complexity index is 686. The fourth-order valence-electron chi connectivity index (χ4n) is 1.48. The average Bonchev–Trinajstić information content (AvgIpc) is 2.37. The quantitative estimate of drug-likeness (QED) is 0.814. The van der Waals surface area contributed by atoms with Gasteiger partial charge in [0, 0.05) is 18.0 Å². The second kappa shape index (κ2) is 5.59. The van der Waals surface area contributed by atoms with Crippen LogP contribution in [0.2, 0.25) is 5.15 Å². The van der Waals surface area contributed by atoms with Gasteiger partial charge in [0.15, 0.2) is 9.84 Å². The third-order valence-electron chi connectivity index (χ3n) is 2.46. The molecule has 0 aliphatic carbocycles. The van der Waals surface area contributed by atoms with E-state index in [1.54, 1.807) is 30.5 Å². The van der Waals surface area contributed by atoms with Crippen LogP contribution in [0.1, 0.15) is 5.56 Å². The van der Waals surface area contributed by atoms with Crippen molar-refractivity contribution in [3.05, 3.63) is 53.3 Å². The smallest absolute Gasteiger partial charge is 0.175 e. The molecule has 1 heterocycles. The number of nitrogens with zero attached hydrogens (tertiary/aromatic N) is 1. The molecule has 0 aliphatic rings. The molecule has 2 aromatic rings. The van der Waals surface area contributed by atoms with Crippen molar-refractivity contribution in [2.75, 3.05) is 6.26 Å². The third kappa shape index (κ3) is 3.68. The van der Waals surface area contributed by atoms with Crippen LogP contribution in [-0.2, 0) is 16.4 Å². The maximum absolute atomic E-state index is 11.4. The number of hydrogen-bond donors (Lipinski definition) is 0. The minimum absolute atomic E-state index is 0.224. The summed E-state index contributed by atoms with van der Waals surface area (Å²) in [5.74, 6) is 0.475. The van der Waals surface area contributed by atoms with E-state index in [0.717, 1.165) is 11.8 Å². The van der Waals surface area contributed by atoms with Crippen molar-refractivity contribution in [2.45, 2.75) is 11.5 Å². The summed E-state index contributed by atoms with van der Waals surface area (Å²) in [5, 5.41) is 0.377. The van der Waals surface area contributed by atoms with Gasteiger partial charge in [-0.2, -0.15) is 0 Å². The minimum Gasteiger partial charge on any atom is -0.489 e. The Morgan fingerprint density at radius 3 is 2.74 bits per heavy atom. The topological polar surface area (TPSA) is 56.3 Å². The highest BCUT2D eigenvalue weighted by Crippen LogP contribution is 2.20. The molecule has 0 unspecified atom stereocenters. The molecule has 0 saturated carbocycles. The molecule has 0 atom stereocenters. The van der Waals surface area contributed by atoms with E-state index in [1.165, 1.54) is 12.1 Å². The van der Waals surface area contributed by atoms with Crippen molar-refractivity contribution in [1.29, 1.82) is 0 Å². The Hall–Kier alpha value is -1.59. The van der Waals surface area contributed by atoms with Crippen LogP contribution in [0.5, 0.6) is 5.75 Å². The number of ether oxygens (including phenoxy) is 1. The van der Waals surface area contributed by atoms with Gasteiger partial charge in [-0.3, -0.25) is 0 Å². The van der Waals surface area contributed by atoms with E-state index in [9.17, 15) is 8.42 Å². The van der Waals surface area contributed by atoms with Gasteiger partial charge in [0.25, 0.3) is 0 Å². The number of hydrogen-bond acceptors (Lipinski definition) is 4. The average molecular weight is 298 g/mol. The lowest BCUT2D eigenvalue weighted by Crippen LogP contribution is -2.00. The highest BCUT2D eigenvalue weighted by Gasteiger charge is 2.08. The second-order valence-corrected chi connectivity index (χ2v) is 6.36. The normalized spacial score (nSPS) is 11.3. The zero-order chi connectivity index (χ0) is 13.9. The monoisotopic (exact) mass is 297 g/mol. The van der Waals surface area contributed by atoms with Crippen molar-refractivity contribution in [2.24, 2.45) is 0 Å². The molecular weight excluding hydrogens is 286 g/mol. The fraction of sp³-hybridized carbons (Fsp3) is 0.154. The van der Waals surface area contributed by atoms with Crippen molar-refractivity contribution < 1.29 is 13.2 Å². The molecule has 4 nitrogen and oxygen atoms in total. The predicted molar refractivity (Wildman–Crippen MR) is 73.1 cm³/mol. The zero-order valence-electron chi connectivity index (χ0n) is 10.2. The number of sulfone groups is 1. The van der Waals surface area contributed by atoms with E-state index in [-0.39, 0.29) is 11.5 Å². The Morgan fingerprint density at radius 1 is 1.26 bits per heavy atom. The van der Waals surface area contributed by atoms with Gasteiger partial charge in [0.1, 0.15) is 17.5 Å². The molecule has 0 N–H and O–H groups in total. The zero-order valence-corrected chi connectivity index (χ0v) is 11.8. The summed E-state index contributed by atoms with van der Waals surface area (Å²) in [6.07, 6.45) is 2.75. The first-order valence-electron chi connectivity index (χ1n) is 5.49. The molecule has 0 saturated heterocycles. The third-order valence-corrected chi connectivity index (χ3v) is 3.91. The summed E-state index contributed by atoms with van der Waals surface area (Å²) in [6.45, 7) is 0.236. The Morgan fingerprint density at radius 2 is 2.05 bits per heavy atom. The fourth-order valence-corrected chi connectivity index (χ4v) is 2.31. The minimum atomic E-state index is -3.23. The predicted octanol–water partition coefficient (Wildman–Crippen LogP) is 2.72. The van der Waals surface area contributed by atoms with Crippen LogP contribution in [-0.4, -0.2) is 19.7 Å². The molecule has 1 aromatic heterocycles. The van der Waals surface area contributed by atoms with Gasteiger partial charge in [0.05, 0.1) is 4.90 Å². The van der Waals surface area contributed by atoms with E-state index in [1.807, 2.05) is 0 Å². The van der Waals surface area contributed by atoms with Gasteiger partial charge in [0.2, 0.25) is 0 Å². The maximum atomic E-state index is 11.4. The molecule has 0 amide bonds. The van der Waals surface area contributed by atoms with Gasteiger partial charge in [-0.1, -0.05) is 23.7 Å². The summed E-state index contributed by atoms with van der Waals surface area (Å²) in [7, 11) is -3.23. The Labute approximate surface area is 116 Å². The first-order chi connectivity index (χ1) is 8.97. The summed E-state index contributed by atoms with van der Waals surface area (Å²) in [6, 6.07) is 9.90. The van der Waals surface area contributed by atoms with Crippen molar-refractivity contribution in [1.82, 2.24) is 4.98 Å². The SMILES string of the molecule is CS(=O)(=O)c1cccc(OCc2cccnc2Cl)c1. The van der Waals surface area contributed by atoms with Crippen LogP contribution in [0, 0.1) is 0 Å². The van der Waals surface area contributed by atoms with Gasteiger partial charge in [-0.15, -0.1) is 0 Å². The first kappa shape index (κ1) is 13.8. The molecule has 6 heteroatoms. The lowest BCUT2D eigenvalue weighted by Gasteiger charge is -2.08. The summed E-state index contributed by atoms with van der Waals surface area (Å²) in [5.41, 5.74) is 0.744. The van der Waals surface area contributed by atoms with Crippen LogP contribution in [0.15, 0.2) is 47.5 Å². The van der Waals surface area contributed by atoms with Crippen LogP contribution < -0.4 is 4.74 Å². The molecule has 0 fully saturated rings. The molecule has 19 heavy (non-hydrogen) atoms. The molecular formula is C13H12ClNO3S. The largest absolute Gasteiger partial charge is 0.489 e. The summed E-state index contributed by atoms with van der Waals surface area (Å²) < 4.78 is 28.4. The number of pyridine rings is 1. The van der Waals surface area contributed by atoms with E-state index in [4.69, 9.17) is 16.3 Å². The van der Waals surface area contributed by atoms with Crippen molar-refractivity contribution in [3.8, 4) is 5.75 Å². The second-order valence-electron chi connectivity index (χ2n) is 3.99. The van der Waals surface area contributed by atoms with Gasteiger partial charge < -0.3 is 4.74 Å². The lowest BCUT2D eigenvalue weighted by molar-refractivity contribution is 0.305. The van der Waals surface area contributed by atoms with E-state index in [0.29, 0.717) is 10.9 Å². The number of rotatable bonds is 4. The molecule has 0 aliphatic heterocycles. The van der Waals surface area contributed by atoms with Crippen LogP contribution in [0.3, 0.4) is 0 Å². The van der Waals surface area contributed by atoms with Crippen LogP contribution >= 0.6 is 11.6 Å². The number of halogens is 1. The molecule has 2 rings (SSSR count). The molecule has 0 spiro atoms. The standard InChI is InChI=1S/C13H12ClNO3S/c1-19(16,17)12-6-2-5-11(8-12)18-9-10-4-3-7-15-13(10)14/h2-8H,9H2,1H3.